The molecule has 0 aromatic rings. The summed E-state index contributed by atoms with van der Waals surface area (Å²) in [7, 11) is 9.52. The Kier molecular flexibility index (Phi) is 38.2. The van der Waals surface area contributed by atoms with Crippen molar-refractivity contribution < 1.29 is 135 Å². The molecule has 6 heterocycles. The third-order valence-electron chi connectivity index (χ3n) is 26.1. The Labute approximate surface area is 684 Å². The summed E-state index contributed by atoms with van der Waals surface area (Å²) in [6.45, 7) is 43.8. The van der Waals surface area contributed by atoms with Crippen molar-refractivity contribution in [3.8, 4) is 0 Å². The van der Waals surface area contributed by atoms with Crippen molar-refractivity contribution in [3.05, 3.63) is 12.7 Å². The number of nitrogens with zero attached hydrogens (tertiary/aromatic N) is 1. The molecular weight excluding hydrogens is 1500 g/mol. The van der Waals surface area contributed by atoms with Crippen LogP contribution in [0.3, 0.4) is 0 Å². The summed E-state index contributed by atoms with van der Waals surface area (Å²) in [5, 5.41) is 75.7. The van der Waals surface area contributed by atoms with Crippen LogP contribution < -0.4 is 10.6 Å². The van der Waals surface area contributed by atoms with E-state index in [2.05, 4.69) is 22.1 Å². The third-order valence-corrected chi connectivity index (χ3v) is 26.1. The van der Waals surface area contributed by atoms with Gasteiger partial charge in [0.2, 0.25) is 0 Å². The minimum atomic E-state index is -1.99. The van der Waals surface area contributed by atoms with Gasteiger partial charge in [0.15, 0.2) is 37.4 Å². The Morgan fingerprint density at radius 3 is 1.16 bits per heavy atom. The zero-order chi connectivity index (χ0) is 87.3. The Hall–Kier alpha value is -3.88. The predicted octanol–water partition coefficient (Wildman–Crippen LogP) is 6.21. The molecule has 8 N–H and O–H groups in total. The summed E-state index contributed by atoms with van der Waals surface area (Å²) in [4.78, 5) is 84.3. The maximum absolute atomic E-state index is 14.4. The number of hydrogen-bond acceptors (Lipinski definition) is 31. The molecule has 0 spiro atoms. The van der Waals surface area contributed by atoms with Crippen molar-refractivity contribution in [2.45, 2.75) is 379 Å². The van der Waals surface area contributed by atoms with Crippen molar-refractivity contribution in [1.82, 2.24) is 15.5 Å². The normalized spacial score (nSPS) is 45.2. The number of rotatable bonds is 24. The van der Waals surface area contributed by atoms with E-state index in [1.54, 1.807) is 104 Å². The first-order chi connectivity index (χ1) is 53.5. The smallest absolute Gasteiger partial charge is 0.330 e. The molecule has 31 heteroatoms. The molecule has 0 aliphatic carbocycles. The predicted molar refractivity (Wildman–Crippen MR) is 423 cm³/mol. The van der Waals surface area contributed by atoms with Crippen molar-refractivity contribution in [3.63, 3.8) is 0 Å². The SMILES string of the molecule is C=CC(=O)OC1[C@H](C)O[C@@H](O[C@H]2[C@H](C)[C@@H](O[C@@H]3O[C@H](C)C[C@H](NC)[C@H]3O)[C@](C)(OC)C[C@@H](C)C(=O)[C@H](C)[C@@H](O)[C@](C)(O)[C@@H](CC)OC(=O)[C@@H]2C)C[C@@]1(C)OC.CC[C@H]1OC(=O)[C@H](C)[C@@H](O[C@H]2C[C@@](C)(OC)C(OC(=O)CCN(CC)CC)[C@H](C)O2)[C@H](C)[C@@H](O[C@@H]2O[C@H](C)C[C@H](NC)[C@H]2O)[C@](C)(OC)C[C@@H](C)C(=O)[C@H](C)[C@@H](O)[C@]1(C)O. The summed E-state index contributed by atoms with van der Waals surface area (Å²) < 4.78 is 101. The Morgan fingerprint density at radius 1 is 0.504 bits per heavy atom. The second kappa shape index (κ2) is 43.2. The number of carbonyl (C=O) groups excluding carboxylic acids is 6. The van der Waals surface area contributed by atoms with Gasteiger partial charge in [-0.3, -0.25) is 24.0 Å². The van der Waals surface area contributed by atoms with E-state index in [-0.39, 0.29) is 86.8 Å². The summed E-state index contributed by atoms with van der Waals surface area (Å²) in [5.41, 5.74) is -8.70. The van der Waals surface area contributed by atoms with Crippen LogP contribution in [0.4, 0.5) is 0 Å². The zero-order valence-corrected chi connectivity index (χ0v) is 74.2. The minimum Gasteiger partial charge on any atom is -0.459 e. The summed E-state index contributed by atoms with van der Waals surface area (Å²) in [6.07, 6.45) is -16.8. The summed E-state index contributed by atoms with van der Waals surface area (Å²) in [6, 6.07) is -0.710. The molecule has 2 unspecified atom stereocenters. The first kappa shape index (κ1) is 102. The number of ketones is 2. The van der Waals surface area contributed by atoms with E-state index in [4.69, 9.17) is 75.8 Å². The van der Waals surface area contributed by atoms with E-state index < -0.39 is 209 Å². The molecule has 6 aliphatic heterocycles. The number of aliphatic hydroxyl groups excluding tert-OH is 4. The van der Waals surface area contributed by atoms with E-state index in [0.29, 0.717) is 19.4 Å². The number of nitrogens with one attached hydrogen (secondary N) is 2. The largest absolute Gasteiger partial charge is 0.459 e. The lowest BCUT2D eigenvalue weighted by Crippen LogP contribution is -2.61. The first-order valence-electron chi connectivity index (χ1n) is 41.7. The summed E-state index contributed by atoms with van der Waals surface area (Å²) >= 11 is 0. The maximum atomic E-state index is 14.4. The highest BCUT2D eigenvalue weighted by atomic mass is 16.7. The molecule has 668 valence electrons. The number of aliphatic hydroxyl groups is 6. The van der Waals surface area contributed by atoms with Crippen molar-refractivity contribution in [2.24, 2.45) is 47.3 Å². The number of carbonyl (C=O) groups is 6. The van der Waals surface area contributed by atoms with Gasteiger partial charge in [-0.1, -0.05) is 75.8 Å². The lowest BCUT2D eigenvalue weighted by Gasteiger charge is -2.50. The zero-order valence-electron chi connectivity index (χ0n) is 74.2. The van der Waals surface area contributed by atoms with E-state index in [1.807, 2.05) is 48.5 Å². The van der Waals surface area contributed by atoms with Crippen LogP contribution in [-0.2, 0) is 105 Å². The Balaban J connectivity index is 0.000000412. The highest BCUT2D eigenvalue weighted by molar-refractivity contribution is 5.84. The lowest BCUT2D eigenvalue weighted by atomic mass is 9.73. The van der Waals surface area contributed by atoms with Crippen LogP contribution >= 0.6 is 0 Å². The summed E-state index contributed by atoms with van der Waals surface area (Å²) in [5.74, 6) is -10.3. The number of esters is 4. The van der Waals surface area contributed by atoms with Gasteiger partial charge in [-0.25, -0.2) is 4.79 Å². The van der Waals surface area contributed by atoms with Gasteiger partial charge >= 0.3 is 23.9 Å². The monoisotopic (exact) mass is 1650 g/mol. The number of cyclic esters (lactones) is 2. The molecular formula is C84H149N3O28. The maximum Gasteiger partial charge on any atom is 0.330 e. The van der Waals surface area contributed by atoms with Gasteiger partial charge in [0.1, 0.15) is 58.4 Å². The van der Waals surface area contributed by atoms with Crippen LogP contribution in [0.1, 0.15) is 210 Å². The van der Waals surface area contributed by atoms with Crippen molar-refractivity contribution in [2.75, 3.05) is 62.2 Å². The van der Waals surface area contributed by atoms with Crippen LogP contribution in [0, 0.1) is 47.3 Å². The molecule has 115 heavy (non-hydrogen) atoms. The fourth-order valence-electron chi connectivity index (χ4n) is 18.3. The average molecular weight is 1650 g/mol. The molecule has 6 rings (SSSR count). The molecule has 6 aliphatic rings. The van der Waals surface area contributed by atoms with Crippen LogP contribution in [0.5, 0.6) is 0 Å². The van der Waals surface area contributed by atoms with Crippen molar-refractivity contribution in [1.29, 1.82) is 0 Å². The highest BCUT2D eigenvalue weighted by Gasteiger charge is 2.59. The molecule has 36 atom stereocenters. The van der Waals surface area contributed by atoms with E-state index in [0.717, 1.165) is 19.2 Å². The van der Waals surface area contributed by atoms with Crippen LogP contribution in [0.15, 0.2) is 12.7 Å². The topological polar surface area (TPSA) is 399 Å². The quantitative estimate of drug-likeness (QED) is 0.0302. The number of likely N-dealkylation sites (N-methyl/N-ethyl adjacent to an activating group) is 2. The number of hydrogen-bond donors (Lipinski definition) is 8. The Bertz CT molecular complexity index is 3090. The minimum absolute atomic E-state index is 0.0781. The highest BCUT2D eigenvalue weighted by Crippen LogP contribution is 2.46. The standard InChI is InChI=1S/C44H80N2O14.C40H69NO14/c1-16-31-44(12,52)37(50)26(6)34(48)24(4)22-42(10,53-14)38(60-41-35(49)30(45-13)21-25(5)55-41)27(7)36(28(8)40(51)57-31)59-33-23-43(11,54-15)39(29(9)56-33)58-32(47)19-20-46(17-2)18-3;1-15-27-40(11,47)33(45)22(5)30(43)20(3)18-38(9,48-13)34(55-37-31(44)26(41-12)17-21(4)50-37)23(6)32(24(7)36(46)52-27)54-29-19-39(10,49-14)35(25(8)51-29)53-28(42)16-2/h24-31,33,35-39,41,45,49-50,52H,16-23H2,1-15H3;16,20-27,29,31-35,37,41,44-45,47H,2,15,17-19H2,1,3-14H3/t24-,25-,26+,27+,28-,29+,30+,31-,33+,35-,36+,37-,38-,39?,41+,42-,43-,44-;20-,21-,22+,23+,24-,25+,26+,27-,29+,31-,32+,33-,34-,35?,37+,38-,39-,40-/m11/s1. The molecule has 0 saturated carbocycles. The van der Waals surface area contributed by atoms with E-state index in [1.165, 1.54) is 42.3 Å². The molecule has 0 aromatic heterocycles. The van der Waals surface area contributed by atoms with Crippen LogP contribution in [0.2, 0.25) is 0 Å². The molecule has 0 aromatic carbocycles. The van der Waals surface area contributed by atoms with E-state index >= 15 is 0 Å². The van der Waals surface area contributed by atoms with Gasteiger partial charge in [-0.15, -0.1) is 0 Å². The molecule has 0 radical (unpaired) electrons. The van der Waals surface area contributed by atoms with Crippen molar-refractivity contribution >= 4 is 35.4 Å². The molecule has 0 amide bonds. The van der Waals surface area contributed by atoms with Crippen LogP contribution in [-0.4, -0.2) is 302 Å². The van der Waals surface area contributed by atoms with Gasteiger partial charge in [-0.05, 0) is 149 Å². The second-order valence-electron chi connectivity index (χ2n) is 34.9. The van der Waals surface area contributed by atoms with Crippen LogP contribution in [0.25, 0.3) is 0 Å². The first-order valence-corrected chi connectivity index (χ1v) is 41.7. The van der Waals surface area contributed by atoms with Gasteiger partial charge in [-0.2, -0.15) is 0 Å². The van der Waals surface area contributed by atoms with Gasteiger partial charge < -0.3 is 122 Å². The second-order valence-corrected chi connectivity index (χ2v) is 34.9. The average Bonchev–Trinajstić information content (AvgIpc) is 0.767. The molecule has 6 fully saturated rings. The van der Waals surface area contributed by atoms with Gasteiger partial charge in [0.05, 0.1) is 90.5 Å². The number of ether oxygens (including phenoxy) is 16. The Morgan fingerprint density at radius 2 is 0.843 bits per heavy atom. The lowest BCUT2D eigenvalue weighted by molar-refractivity contribution is -0.318. The fraction of sp³-hybridized carbons (Fsp3) is 0.905. The molecule has 31 nitrogen and oxygen atoms in total. The third kappa shape index (κ3) is 24.1. The number of Topliss-reactive ketones (excluding diaryl/α,β-unsaturated/α-hetero) is 2. The van der Waals surface area contributed by atoms with E-state index in [9.17, 15) is 59.4 Å². The fourth-order valence-corrected chi connectivity index (χ4v) is 18.3. The number of methoxy groups -OCH3 is 4. The molecule has 0 bridgehead atoms. The van der Waals surface area contributed by atoms with Gasteiger partial charge in [0, 0.05) is 101 Å². The van der Waals surface area contributed by atoms with Gasteiger partial charge in [0.25, 0.3) is 0 Å². The molecule has 6 saturated heterocycles.